The van der Waals surface area contributed by atoms with Crippen molar-refractivity contribution in [3.8, 4) is 0 Å². The van der Waals surface area contributed by atoms with Crippen LogP contribution < -0.4 is 0 Å². The molecule has 1 rings (SSSR count). The molecule has 14 heavy (non-hydrogen) atoms. The van der Waals surface area contributed by atoms with Gasteiger partial charge in [-0.3, -0.25) is 4.79 Å². The van der Waals surface area contributed by atoms with Gasteiger partial charge in [0, 0.05) is 4.91 Å². The Morgan fingerprint density at radius 3 is 2.64 bits per heavy atom. The van der Waals surface area contributed by atoms with Crippen molar-refractivity contribution < 1.29 is 4.79 Å². The monoisotopic (exact) mass is 189 g/mol. The molecular formula is C10H11N3O. The van der Waals surface area contributed by atoms with E-state index in [2.05, 4.69) is 10.0 Å². The summed E-state index contributed by atoms with van der Waals surface area (Å²) in [5, 5.41) is 3.45. The van der Waals surface area contributed by atoms with Crippen LogP contribution in [-0.4, -0.2) is 11.8 Å². The van der Waals surface area contributed by atoms with Crippen LogP contribution in [0.3, 0.4) is 0 Å². The highest BCUT2D eigenvalue weighted by molar-refractivity contribution is 5.81. The fraction of sp³-hybridized carbons (Fsp3) is 0.300. The van der Waals surface area contributed by atoms with Crippen molar-refractivity contribution in [1.82, 2.24) is 0 Å². The average Bonchev–Trinajstić information content (AvgIpc) is 2.18. The van der Waals surface area contributed by atoms with Crippen molar-refractivity contribution >= 4 is 5.78 Å². The molecule has 0 radical (unpaired) electrons. The number of carbonyl (C=O) groups is 1. The van der Waals surface area contributed by atoms with E-state index in [1.165, 1.54) is 6.92 Å². The summed E-state index contributed by atoms with van der Waals surface area (Å²) in [6.07, 6.45) is 0.472. The van der Waals surface area contributed by atoms with Crippen LogP contribution >= 0.6 is 0 Å². The first kappa shape index (κ1) is 10.3. The van der Waals surface area contributed by atoms with Crippen LogP contribution in [0, 0.1) is 0 Å². The number of azide groups is 1. The van der Waals surface area contributed by atoms with E-state index in [0.717, 1.165) is 5.56 Å². The standard InChI is InChI=1S/C10H11N3O/c1-8(14)10(12-13-11)7-9-5-3-2-4-6-9/h2-6,10H,7H2,1H3. The Hall–Kier alpha value is -1.80. The van der Waals surface area contributed by atoms with Gasteiger partial charge in [-0.15, -0.1) is 0 Å². The maximum atomic E-state index is 11.1. The Kier molecular flexibility index (Phi) is 3.70. The SMILES string of the molecule is CC(=O)C(Cc1ccccc1)N=[N+]=[N-]. The predicted octanol–water partition coefficient (Wildman–Crippen LogP) is 2.50. The van der Waals surface area contributed by atoms with Crippen LogP contribution in [0.5, 0.6) is 0 Å². The van der Waals surface area contributed by atoms with Crippen molar-refractivity contribution in [3.05, 3.63) is 46.3 Å². The van der Waals surface area contributed by atoms with Crippen LogP contribution in [0.1, 0.15) is 12.5 Å². The van der Waals surface area contributed by atoms with Crippen molar-refractivity contribution in [2.75, 3.05) is 0 Å². The maximum Gasteiger partial charge on any atom is 0.139 e. The lowest BCUT2D eigenvalue weighted by molar-refractivity contribution is -0.118. The quantitative estimate of drug-likeness (QED) is 0.407. The number of hydrogen-bond acceptors (Lipinski definition) is 2. The Labute approximate surface area is 82.2 Å². The molecule has 0 aromatic heterocycles. The highest BCUT2D eigenvalue weighted by atomic mass is 16.1. The van der Waals surface area contributed by atoms with Gasteiger partial charge in [-0.1, -0.05) is 35.4 Å². The van der Waals surface area contributed by atoms with E-state index in [9.17, 15) is 4.79 Å². The minimum atomic E-state index is -0.581. The van der Waals surface area contributed by atoms with Gasteiger partial charge in [0.2, 0.25) is 0 Å². The molecule has 72 valence electrons. The second-order valence-electron chi connectivity index (χ2n) is 3.02. The van der Waals surface area contributed by atoms with Crippen molar-refractivity contribution in [2.24, 2.45) is 5.11 Å². The van der Waals surface area contributed by atoms with Gasteiger partial charge in [-0.05, 0) is 24.4 Å². The third-order valence-corrected chi connectivity index (χ3v) is 1.93. The molecule has 0 saturated carbocycles. The molecule has 0 aliphatic heterocycles. The summed E-state index contributed by atoms with van der Waals surface area (Å²) >= 11 is 0. The molecule has 1 unspecified atom stereocenters. The summed E-state index contributed by atoms with van der Waals surface area (Å²) in [6, 6.07) is 8.92. The number of rotatable bonds is 4. The molecule has 0 saturated heterocycles. The summed E-state index contributed by atoms with van der Waals surface area (Å²) < 4.78 is 0. The second-order valence-corrected chi connectivity index (χ2v) is 3.02. The number of ketones is 1. The zero-order valence-electron chi connectivity index (χ0n) is 7.92. The molecule has 1 atom stereocenters. The molecular weight excluding hydrogens is 178 g/mol. The molecule has 0 aliphatic carbocycles. The average molecular weight is 189 g/mol. The van der Waals surface area contributed by atoms with E-state index < -0.39 is 6.04 Å². The summed E-state index contributed by atoms with van der Waals surface area (Å²) in [5.74, 6) is -0.105. The van der Waals surface area contributed by atoms with E-state index in [4.69, 9.17) is 5.53 Å². The number of nitrogens with zero attached hydrogens (tertiary/aromatic N) is 3. The first-order valence-corrected chi connectivity index (χ1v) is 4.32. The normalized spacial score (nSPS) is 11.5. The number of hydrogen-bond donors (Lipinski definition) is 0. The first-order chi connectivity index (χ1) is 6.74. The molecule has 0 N–H and O–H groups in total. The lowest BCUT2D eigenvalue weighted by Gasteiger charge is -2.06. The highest BCUT2D eigenvalue weighted by Gasteiger charge is 2.11. The zero-order valence-corrected chi connectivity index (χ0v) is 7.92. The van der Waals surface area contributed by atoms with E-state index in [1.807, 2.05) is 30.3 Å². The van der Waals surface area contributed by atoms with E-state index >= 15 is 0 Å². The molecule has 0 fully saturated rings. The minimum absolute atomic E-state index is 0.105. The smallest absolute Gasteiger partial charge is 0.139 e. The van der Waals surface area contributed by atoms with Crippen LogP contribution in [-0.2, 0) is 11.2 Å². The largest absolute Gasteiger partial charge is 0.300 e. The van der Waals surface area contributed by atoms with Gasteiger partial charge in [-0.25, -0.2) is 0 Å². The summed E-state index contributed by atoms with van der Waals surface area (Å²) in [5.41, 5.74) is 9.27. The number of benzene rings is 1. The predicted molar refractivity (Wildman–Crippen MR) is 53.8 cm³/mol. The molecule has 0 aliphatic rings. The zero-order chi connectivity index (χ0) is 10.4. The highest BCUT2D eigenvalue weighted by Crippen LogP contribution is 2.06. The molecule has 0 amide bonds. The number of carbonyl (C=O) groups excluding carboxylic acids is 1. The molecule has 1 aromatic rings. The molecule has 4 nitrogen and oxygen atoms in total. The van der Waals surface area contributed by atoms with E-state index in [1.54, 1.807) is 0 Å². The molecule has 0 spiro atoms. The fourth-order valence-electron chi connectivity index (χ4n) is 1.17. The third-order valence-electron chi connectivity index (χ3n) is 1.93. The van der Waals surface area contributed by atoms with Crippen LogP contribution in [0.2, 0.25) is 0 Å². The van der Waals surface area contributed by atoms with Gasteiger partial charge >= 0.3 is 0 Å². The summed E-state index contributed by atoms with van der Waals surface area (Å²) in [7, 11) is 0. The Morgan fingerprint density at radius 2 is 2.14 bits per heavy atom. The first-order valence-electron chi connectivity index (χ1n) is 4.32. The van der Waals surface area contributed by atoms with E-state index in [-0.39, 0.29) is 5.78 Å². The van der Waals surface area contributed by atoms with Crippen molar-refractivity contribution in [3.63, 3.8) is 0 Å². The van der Waals surface area contributed by atoms with Crippen LogP contribution in [0.15, 0.2) is 35.4 Å². The minimum Gasteiger partial charge on any atom is -0.300 e. The van der Waals surface area contributed by atoms with Gasteiger partial charge in [0.1, 0.15) is 5.78 Å². The summed E-state index contributed by atoms with van der Waals surface area (Å²) in [4.78, 5) is 13.7. The van der Waals surface area contributed by atoms with Gasteiger partial charge in [0.25, 0.3) is 0 Å². The van der Waals surface area contributed by atoms with Gasteiger partial charge in [-0.2, -0.15) is 0 Å². The van der Waals surface area contributed by atoms with Crippen LogP contribution in [0.25, 0.3) is 10.4 Å². The lowest BCUT2D eigenvalue weighted by Crippen LogP contribution is -2.17. The topological polar surface area (TPSA) is 65.8 Å². The number of Topliss-reactive ketones (excluding diaryl/α,β-unsaturated/α-hetero) is 1. The van der Waals surface area contributed by atoms with E-state index in [0.29, 0.717) is 6.42 Å². The Balaban J connectivity index is 2.75. The Morgan fingerprint density at radius 1 is 1.50 bits per heavy atom. The summed E-state index contributed by atoms with van der Waals surface area (Å²) in [6.45, 7) is 1.43. The van der Waals surface area contributed by atoms with Crippen molar-refractivity contribution in [1.29, 1.82) is 0 Å². The van der Waals surface area contributed by atoms with Gasteiger partial charge < -0.3 is 0 Å². The molecule has 0 bridgehead atoms. The van der Waals surface area contributed by atoms with Gasteiger partial charge in [0.05, 0.1) is 6.04 Å². The third kappa shape index (κ3) is 2.92. The molecule has 1 aromatic carbocycles. The molecule has 4 heteroatoms. The maximum absolute atomic E-state index is 11.1. The van der Waals surface area contributed by atoms with Crippen LogP contribution in [0.4, 0.5) is 0 Å². The van der Waals surface area contributed by atoms with Crippen molar-refractivity contribution in [2.45, 2.75) is 19.4 Å². The lowest BCUT2D eigenvalue weighted by atomic mass is 10.0. The fourth-order valence-corrected chi connectivity index (χ4v) is 1.17. The van der Waals surface area contributed by atoms with Gasteiger partial charge in [0.15, 0.2) is 0 Å². The Bertz CT molecular complexity index is 353. The second kappa shape index (κ2) is 5.04. The molecule has 0 heterocycles.